The van der Waals surface area contributed by atoms with Gasteiger partial charge in [-0.25, -0.2) is 0 Å². The van der Waals surface area contributed by atoms with Crippen molar-refractivity contribution in [3.63, 3.8) is 0 Å². The first-order chi connectivity index (χ1) is 9.08. The van der Waals surface area contributed by atoms with Gasteiger partial charge in [0.2, 0.25) is 0 Å². The Kier molecular flexibility index (Phi) is 4.52. The molecule has 2 aromatic rings. The molecule has 2 rings (SSSR count). The molecule has 0 saturated heterocycles. The summed E-state index contributed by atoms with van der Waals surface area (Å²) in [4.78, 5) is 0. The predicted octanol–water partition coefficient (Wildman–Crippen LogP) is 1.85. The second-order valence-corrected chi connectivity index (χ2v) is 4.93. The number of nitrogens with one attached hydrogen (secondary N) is 1. The molecule has 0 fully saturated rings. The van der Waals surface area contributed by atoms with Crippen LogP contribution in [0.15, 0.2) is 30.6 Å². The lowest BCUT2D eigenvalue weighted by atomic mass is 10.1. The molecular weight excluding hydrogens is 264 g/mol. The van der Waals surface area contributed by atoms with Crippen molar-refractivity contribution >= 4 is 11.6 Å². The van der Waals surface area contributed by atoms with Gasteiger partial charge < -0.3 is 15.0 Å². The SMILES string of the molecule is CC(NCC(O)c1ccc(Cl)cc1)c1nncn1C. The molecule has 1 aromatic carbocycles. The maximum atomic E-state index is 10.1. The molecule has 1 heterocycles. The highest BCUT2D eigenvalue weighted by Gasteiger charge is 2.13. The van der Waals surface area contributed by atoms with Crippen molar-refractivity contribution in [2.24, 2.45) is 7.05 Å². The summed E-state index contributed by atoms with van der Waals surface area (Å²) in [5, 5.41) is 21.8. The molecule has 0 bridgehead atoms. The van der Waals surface area contributed by atoms with E-state index in [4.69, 9.17) is 11.6 Å². The fourth-order valence-corrected chi connectivity index (χ4v) is 1.99. The van der Waals surface area contributed by atoms with Crippen molar-refractivity contribution < 1.29 is 5.11 Å². The first-order valence-corrected chi connectivity index (χ1v) is 6.46. The smallest absolute Gasteiger partial charge is 0.149 e. The van der Waals surface area contributed by atoms with Crippen LogP contribution in [0.1, 0.15) is 30.5 Å². The summed E-state index contributed by atoms with van der Waals surface area (Å²) in [6, 6.07) is 7.20. The maximum Gasteiger partial charge on any atom is 0.149 e. The van der Waals surface area contributed by atoms with E-state index in [1.165, 1.54) is 0 Å². The zero-order valence-corrected chi connectivity index (χ0v) is 11.7. The summed E-state index contributed by atoms with van der Waals surface area (Å²) in [5.74, 6) is 0.836. The number of hydrogen-bond donors (Lipinski definition) is 2. The van der Waals surface area contributed by atoms with Crippen molar-refractivity contribution in [3.05, 3.63) is 47.0 Å². The second-order valence-electron chi connectivity index (χ2n) is 4.50. The normalized spacial score (nSPS) is 14.3. The maximum absolute atomic E-state index is 10.1. The Bertz CT molecular complexity index is 526. The van der Waals surface area contributed by atoms with Crippen molar-refractivity contribution in [2.75, 3.05) is 6.54 Å². The van der Waals surface area contributed by atoms with Crippen molar-refractivity contribution in [1.29, 1.82) is 0 Å². The molecule has 0 spiro atoms. The number of aliphatic hydroxyl groups is 1. The van der Waals surface area contributed by atoms with Gasteiger partial charge in [0.1, 0.15) is 12.2 Å². The Morgan fingerprint density at radius 2 is 2.05 bits per heavy atom. The van der Waals surface area contributed by atoms with Crippen molar-refractivity contribution in [3.8, 4) is 0 Å². The number of aryl methyl sites for hydroxylation is 1. The molecular formula is C13H17ClN4O. The summed E-state index contributed by atoms with van der Waals surface area (Å²) in [6.07, 6.45) is 1.08. The van der Waals surface area contributed by atoms with Gasteiger partial charge in [0.25, 0.3) is 0 Å². The van der Waals surface area contributed by atoms with Crippen LogP contribution in [-0.2, 0) is 7.05 Å². The Hall–Kier alpha value is -1.43. The molecule has 1 aromatic heterocycles. The fraction of sp³-hybridized carbons (Fsp3) is 0.385. The first-order valence-electron chi connectivity index (χ1n) is 6.08. The van der Waals surface area contributed by atoms with Gasteiger partial charge >= 0.3 is 0 Å². The average molecular weight is 281 g/mol. The fourth-order valence-electron chi connectivity index (χ4n) is 1.87. The number of nitrogens with zero attached hydrogens (tertiary/aromatic N) is 3. The van der Waals surface area contributed by atoms with Crippen LogP contribution >= 0.6 is 11.6 Å². The molecule has 0 aliphatic heterocycles. The van der Waals surface area contributed by atoms with E-state index in [1.54, 1.807) is 18.5 Å². The number of aromatic nitrogens is 3. The molecule has 0 saturated carbocycles. The first kappa shape index (κ1) is 14.0. The molecule has 19 heavy (non-hydrogen) atoms. The molecule has 2 N–H and O–H groups in total. The molecule has 2 unspecified atom stereocenters. The van der Waals surface area contributed by atoms with Crippen LogP contribution in [0.4, 0.5) is 0 Å². The van der Waals surface area contributed by atoms with E-state index in [0.29, 0.717) is 11.6 Å². The minimum Gasteiger partial charge on any atom is -0.387 e. The van der Waals surface area contributed by atoms with Crippen LogP contribution in [0.3, 0.4) is 0 Å². The second kappa shape index (κ2) is 6.14. The quantitative estimate of drug-likeness (QED) is 0.877. The Morgan fingerprint density at radius 3 is 2.63 bits per heavy atom. The van der Waals surface area contributed by atoms with Gasteiger partial charge in [-0.3, -0.25) is 0 Å². The van der Waals surface area contributed by atoms with Crippen LogP contribution in [0.2, 0.25) is 5.02 Å². The molecule has 6 heteroatoms. The Balaban J connectivity index is 1.91. The summed E-state index contributed by atoms with van der Waals surface area (Å²) in [7, 11) is 1.89. The van der Waals surface area contributed by atoms with E-state index in [2.05, 4.69) is 15.5 Å². The highest BCUT2D eigenvalue weighted by Crippen LogP contribution is 2.17. The largest absolute Gasteiger partial charge is 0.387 e. The Morgan fingerprint density at radius 1 is 1.37 bits per heavy atom. The molecule has 5 nitrogen and oxygen atoms in total. The average Bonchev–Trinajstić information content (AvgIpc) is 2.83. The van der Waals surface area contributed by atoms with Crippen molar-refractivity contribution in [2.45, 2.75) is 19.1 Å². The number of rotatable bonds is 5. The lowest BCUT2D eigenvalue weighted by Gasteiger charge is -2.16. The van der Waals surface area contributed by atoms with Crippen LogP contribution in [0.25, 0.3) is 0 Å². The topological polar surface area (TPSA) is 63.0 Å². The number of halogens is 1. The third kappa shape index (κ3) is 3.53. The summed E-state index contributed by atoms with van der Waals surface area (Å²) in [5.41, 5.74) is 0.835. The minimum atomic E-state index is -0.576. The monoisotopic (exact) mass is 280 g/mol. The van der Waals surface area contributed by atoms with E-state index in [0.717, 1.165) is 11.4 Å². The lowest BCUT2D eigenvalue weighted by Crippen LogP contribution is -2.26. The van der Waals surface area contributed by atoms with Gasteiger partial charge in [-0.15, -0.1) is 10.2 Å². The predicted molar refractivity (Wildman–Crippen MR) is 73.8 cm³/mol. The van der Waals surface area contributed by atoms with Crippen molar-refractivity contribution in [1.82, 2.24) is 20.1 Å². The summed E-state index contributed by atoms with van der Waals surface area (Å²) < 4.78 is 1.85. The van der Waals surface area contributed by atoms with Gasteiger partial charge in [-0.2, -0.15) is 0 Å². The van der Waals surface area contributed by atoms with E-state index in [-0.39, 0.29) is 6.04 Å². The van der Waals surface area contributed by atoms with E-state index >= 15 is 0 Å². The lowest BCUT2D eigenvalue weighted by molar-refractivity contribution is 0.170. The van der Waals surface area contributed by atoms with Crippen LogP contribution in [0.5, 0.6) is 0 Å². The molecule has 2 atom stereocenters. The van der Waals surface area contributed by atoms with Gasteiger partial charge in [-0.05, 0) is 24.6 Å². The molecule has 102 valence electrons. The number of benzene rings is 1. The van der Waals surface area contributed by atoms with Gasteiger partial charge in [-0.1, -0.05) is 23.7 Å². The van der Waals surface area contributed by atoms with E-state index < -0.39 is 6.10 Å². The van der Waals surface area contributed by atoms with Crippen LogP contribution in [-0.4, -0.2) is 26.4 Å². The third-order valence-corrected chi connectivity index (χ3v) is 3.26. The summed E-state index contributed by atoms with van der Waals surface area (Å²) in [6.45, 7) is 2.42. The molecule has 0 amide bonds. The highest BCUT2D eigenvalue weighted by molar-refractivity contribution is 6.30. The zero-order valence-electron chi connectivity index (χ0n) is 10.9. The third-order valence-electron chi connectivity index (χ3n) is 3.01. The number of hydrogen-bond acceptors (Lipinski definition) is 4. The minimum absolute atomic E-state index is 0.0226. The van der Waals surface area contributed by atoms with Gasteiger partial charge in [0.05, 0.1) is 12.1 Å². The van der Waals surface area contributed by atoms with E-state index in [1.807, 2.05) is 30.7 Å². The van der Waals surface area contributed by atoms with Gasteiger partial charge in [0, 0.05) is 18.6 Å². The Labute approximate surface area is 117 Å². The summed E-state index contributed by atoms with van der Waals surface area (Å²) >= 11 is 5.81. The number of aliphatic hydroxyl groups excluding tert-OH is 1. The highest BCUT2D eigenvalue weighted by atomic mass is 35.5. The molecule has 0 radical (unpaired) electrons. The molecule has 0 aliphatic rings. The zero-order chi connectivity index (χ0) is 13.8. The van der Waals surface area contributed by atoms with Crippen LogP contribution < -0.4 is 5.32 Å². The molecule has 0 aliphatic carbocycles. The van der Waals surface area contributed by atoms with Crippen LogP contribution in [0, 0.1) is 0 Å². The standard InChI is InChI=1S/C13H17ClN4O/c1-9(13-17-16-8-18(13)2)15-7-12(19)10-3-5-11(14)6-4-10/h3-6,8-9,12,15,19H,7H2,1-2H3. The van der Waals surface area contributed by atoms with Gasteiger partial charge in [0.15, 0.2) is 0 Å². The van der Waals surface area contributed by atoms with E-state index in [9.17, 15) is 5.11 Å².